The Bertz CT molecular complexity index is 629. The number of hydrogen-bond donors (Lipinski definition) is 1. The molecule has 0 amide bonds. The molecule has 0 unspecified atom stereocenters. The van der Waals surface area contributed by atoms with E-state index in [4.69, 9.17) is 0 Å². The van der Waals surface area contributed by atoms with Crippen LogP contribution in [0.3, 0.4) is 0 Å². The predicted octanol–water partition coefficient (Wildman–Crippen LogP) is 5.27. The van der Waals surface area contributed by atoms with Gasteiger partial charge < -0.3 is 10.1 Å². The first kappa shape index (κ1) is 15.7. The Balaban J connectivity index is 2.15. The lowest BCUT2D eigenvalue weighted by Gasteiger charge is -2.15. The molecule has 6 heteroatoms. The van der Waals surface area contributed by atoms with Crippen molar-refractivity contribution in [1.82, 2.24) is 0 Å². The summed E-state index contributed by atoms with van der Waals surface area (Å²) < 4.78 is 42.0. The molecule has 21 heavy (non-hydrogen) atoms. The number of halogens is 4. The van der Waals surface area contributed by atoms with Crippen molar-refractivity contribution in [2.75, 3.05) is 5.32 Å². The Kier molecular flexibility index (Phi) is 4.77. The number of ether oxygens (including phenoxy) is 1. The molecule has 0 heterocycles. The van der Waals surface area contributed by atoms with E-state index in [0.29, 0.717) is 5.56 Å². The van der Waals surface area contributed by atoms with Gasteiger partial charge in [-0.05, 0) is 30.7 Å². The molecule has 0 saturated heterocycles. The van der Waals surface area contributed by atoms with E-state index in [-0.39, 0.29) is 12.3 Å². The van der Waals surface area contributed by atoms with Gasteiger partial charge in [0.1, 0.15) is 5.75 Å². The second-order valence-electron chi connectivity index (χ2n) is 4.47. The maximum atomic E-state index is 12.4. The van der Waals surface area contributed by atoms with Gasteiger partial charge in [0.05, 0.1) is 0 Å². The highest BCUT2D eigenvalue weighted by Gasteiger charge is 2.31. The normalized spacial score (nSPS) is 11.3. The highest BCUT2D eigenvalue weighted by molar-refractivity contribution is 9.10. The van der Waals surface area contributed by atoms with Gasteiger partial charge in [0.15, 0.2) is 0 Å². The van der Waals surface area contributed by atoms with Gasteiger partial charge in [0.2, 0.25) is 0 Å². The number of benzene rings is 2. The maximum absolute atomic E-state index is 12.4. The first-order valence-corrected chi connectivity index (χ1v) is 6.98. The van der Waals surface area contributed by atoms with Gasteiger partial charge in [0.25, 0.3) is 0 Å². The molecule has 112 valence electrons. The minimum Gasteiger partial charge on any atom is -0.405 e. The zero-order valence-corrected chi connectivity index (χ0v) is 12.8. The number of nitrogens with one attached hydrogen (secondary N) is 1. The summed E-state index contributed by atoms with van der Waals surface area (Å²) in [5, 5.41) is 3.12. The molecular formula is C15H13BrF3NO. The van der Waals surface area contributed by atoms with Gasteiger partial charge >= 0.3 is 6.36 Å². The molecule has 0 radical (unpaired) electrons. The van der Waals surface area contributed by atoms with E-state index in [2.05, 4.69) is 26.0 Å². The quantitative estimate of drug-likeness (QED) is 0.802. The number of anilines is 1. The van der Waals surface area contributed by atoms with E-state index in [1.165, 1.54) is 12.1 Å². The van der Waals surface area contributed by atoms with Crippen molar-refractivity contribution >= 4 is 21.6 Å². The second kappa shape index (κ2) is 6.39. The summed E-state index contributed by atoms with van der Waals surface area (Å²) in [4.78, 5) is 0. The molecule has 1 N–H and O–H groups in total. The number of rotatable bonds is 4. The highest BCUT2D eigenvalue weighted by Crippen LogP contribution is 2.27. The van der Waals surface area contributed by atoms with Crippen LogP contribution in [0.15, 0.2) is 46.9 Å². The number of alkyl halides is 3. The Labute approximate surface area is 129 Å². The molecule has 0 aliphatic heterocycles. The van der Waals surface area contributed by atoms with Crippen molar-refractivity contribution in [3.8, 4) is 5.75 Å². The van der Waals surface area contributed by atoms with Gasteiger partial charge in [0, 0.05) is 22.3 Å². The standard InChI is InChI=1S/C15H13BrF3NO/c1-10-6-7-12(16)8-13(10)20-9-11-4-2-3-5-14(11)21-15(17,18)19/h2-8,20H,9H2,1H3. The summed E-state index contributed by atoms with van der Waals surface area (Å²) in [6.45, 7) is 2.16. The van der Waals surface area contributed by atoms with Crippen LogP contribution in [-0.4, -0.2) is 6.36 Å². The maximum Gasteiger partial charge on any atom is 0.573 e. The fourth-order valence-corrected chi connectivity index (χ4v) is 2.21. The van der Waals surface area contributed by atoms with Crippen molar-refractivity contribution in [2.24, 2.45) is 0 Å². The Morgan fingerprint density at radius 2 is 1.86 bits per heavy atom. The summed E-state index contributed by atoms with van der Waals surface area (Å²) in [6, 6.07) is 11.8. The third kappa shape index (κ3) is 4.67. The largest absolute Gasteiger partial charge is 0.573 e. The molecule has 2 nitrogen and oxygen atoms in total. The topological polar surface area (TPSA) is 21.3 Å². The van der Waals surface area contributed by atoms with Crippen molar-refractivity contribution in [3.05, 3.63) is 58.1 Å². The third-order valence-corrected chi connectivity index (χ3v) is 3.36. The minimum absolute atomic E-state index is 0.190. The zero-order chi connectivity index (χ0) is 15.5. The summed E-state index contributed by atoms with van der Waals surface area (Å²) in [5.74, 6) is -0.190. The molecule has 2 aromatic rings. The molecular weight excluding hydrogens is 347 g/mol. The van der Waals surface area contributed by atoms with Crippen LogP contribution in [0.5, 0.6) is 5.75 Å². The average Bonchev–Trinajstić information content (AvgIpc) is 2.39. The lowest BCUT2D eigenvalue weighted by Crippen LogP contribution is -2.18. The van der Waals surface area contributed by atoms with Crippen LogP contribution in [-0.2, 0) is 6.54 Å². The van der Waals surface area contributed by atoms with Crippen molar-refractivity contribution < 1.29 is 17.9 Å². The zero-order valence-electron chi connectivity index (χ0n) is 11.2. The van der Waals surface area contributed by atoms with Gasteiger partial charge in [-0.3, -0.25) is 0 Å². The van der Waals surface area contributed by atoms with Gasteiger partial charge in [-0.15, -0.1) is 13.2 Å². The fraction of sp³-hybridized carbons (Fsp3) is 0.200. The lowest BCUT2D eigenvalue weighted by molar-refractivity contribution is -0.274. The van der Waals surface area contributed by atoms with Crippen molar-refractivity contribution in [3.63, 3.8) is 0 Å². The van der Waals surface area contributed by atoms with Crippen molar-refractivity contribution in [1.29, 1.82) is 0 Å². The summed E-state index contributed by atoms with van der Waals surface area (Å²) in [5.41, 5.74) is 2.30. The minimum atomic E-state index is -4.69. The molecule has 0 saturated carbocycles. The highest BCUT2D eigenvalue weighted by atomic mass is 79.9. The number of para-hydroxylation sites is 1. The first-order valence-electron chi connectivity index (χ1n) is 6.19. The summed E-state index contributed by atoms with van der Waals surface area (Å²) >= 11 is 3.36. The van der Waals surface area contributed by atoms with E-state index in [9.17, 15) is 13.2 Å². The molecule has 0 spiro atoms. The SMILES string of the molecule is Cc1ccc(Br)cc1NCc1ccccc1OC(F)(F)F. The van der Waals surface area contributed by atoms with E-state index in [1.807, 2.05) is 25.1 Å². The van der Waals surface area contributed by atoms with Gasteiger partial charge in [-0.25, -0.2) is 0 Å². The van der Waals surface area contributed by atoms with Crippen LogP contribution in [0.1, 0.15) is 11.1 Å². The Hall–Kier alpha value is -1.69. The van der Waals surface area contributed by atoms with Gasteiger partial charge in [-0.1, -0.05) is 40.2 Å². The second-order valence-corrected chi connectivity index (χ2v) is 5.38. The molecule has 2 rings (SSSR count). The van der Waals surface area contributed by atoms with Crippen molar-refractivity contribution in [2.45, 2.75) is 19.8 Å². The molecule has 0 aliphatic carbocycles. The van der Waals surface area contributed by atoms with E-state index in [1.54, 1.807) is 12.1 Å². The Morgan fingerprint density at radius 1 is 1.14 bits per heavy atom. The molecule has 0 atom stereocenters. The van der Waals surface area contributed by atoms with Crippen LogP contribution in [0.2, 0.25) is 0 Å². The summed E-state index contributed by atoms with van der Waals surface area (Å²) in [6.07, 6.45) is -4.69. The summed E-state index contributed by atoms with van der Waals surface area (Å²) in [7, 11) is 0. The first-order chi connectivity index (χ1) is 9.85. The fourth-order valence-electron chi connectivity index (χ4n) is 1.85. The Morgan fingerprint density at radius 3 is 2.57 bits per heavy atom. The van der Waals surface area contributed by atoms with E-state index >= 15 is 0 Å². The molecule has 0 bridgehead atoms. The lowest BCUT2D eigenvalue weighted by atomic mass is 10.1. The molecule has 0 aromatic heterocycles. The molecule has 2 aromatic carbocycles. The van der Waals surface area contributed by atoms with Crippen LogP contribution < -0.4 is 10.1 Å². The predicted molar refractivity (Wildman–Crippen MR) is 79.3 cm³/mol. The van der Waals surface area contributed by atoms with Crippen LogP contribution in [0, 0.1) is 6.92 Å². The average molecular weight is 360 g/mol. The number of aryl methyl sites for hydroxylation is 1. The van der Waals surface area contributed by atoms with Crippen LogP contribution >= 0.6 is 15.9 Å². The molecule has 0 aliphatic rings. The monoisotopic (exact) mass is 359 g/mol. The smallest absolute Gasteiger partial charge is 0.405 e. The molecule has 0 fully saturated rings. The van der Waals surface area contributed by atoms with Crippen LogP contribution in [0.4, 0.5) is 18.9 Å². The van der Waals surface area contributed by atoms with Crippen LogP contribution in [0.25, 0.3) is 0 Å². The van der Waals surface area contributed by atoms with E-state index < -0.39 is 6.36 Å². The third-order valence-electron chi connectivity index (χ3n) is 2.87. The van der Waals surface area contributed by atoms with Gasteiger partial charge in [-0.2, -0.15) is 0 Å². The number of hydrogen-bond acceptors (Lipinski definition) is 2. The van der Waals surface area contributed by atoms with E-state index in [0.717, 1.165) is 15.7 Å².